The molecule has 0 heterocycles. The lowest BCUT2D eigenvalue weighted by atomic mass is 9.88. The second kappa shape index (κ2) is 6.23. The summed E-state index contributed by atoms with van der Waals surface area (Å²) in [5, 5.41) is 3.47. The Balaban J connectivity index is 2.44. The number of hydrogen-bond acceptors (Lipinski definition) is 1. The van der Waals surface area contributed by atoms with Gasteiger partial charge in [0.05, 0.1) is 0 Å². The summed E-state index contributed by atoms with van der Waals surface area (Å²) in [6, 6.07) is 0.672. The number of hydrogen-bond donors (Lipinski definition) is 1. The van der Waals surface area contributed by atoms with Crippen LogP contribution in [0.25, 0.3) is 0 Å². The van der Waals surface area contributed by atoms with Gasteiger partial charge in [-0.25, -0.2) is 0 Å². The predicted molar refractivity (Wildman–Crippen MR) is 63.5 cm³/mol. The van der Waals surface area contributed by atoms with E-state index in [0.717, 1.165) is 12.3 Å². The van der Waals surface area contributed by atoms with Crippen molar-refractivity contribution in [1.82, 2.24) is 5.32 Å². The second-order valence-electron chi connectivity index (χ2n) is 4.81. The zero-order chi connectivity index (χ0) is 10.4. The summed E-state index contributed by atoms with van der Waals surface area (Å²) >= 11 is 0. The highest BCUT2D eigenvalue weighted by molar-refractivity contribution is 4.94. The third-order valence-electron chi connectivity index (χ3n) is 3.41. The third kappa shape index (κ3) is 3.83. The first kappa shape index (κ1) is 11.8. The van der Waals surface area contributed by atoms with Crippen molar-refractivity contribution in [2.45, 2.75) is 57.9 Å². The molecule has 1 N–H and O–H groups in total. The fraction of sp³-hybridized carbons (Fsp3) is 0.846. The van der Waals surface area contributed by atoms with Gasteiger partial charge in [0.15, 0.2) is 0 Å². The van der Waals surface area contributed by atoms with Gasteiger partial charge in [-0.15, -0.1) is 6.58 Å². The summed E-state index contributed by atoms with van der Waals surface area (Å²) < 4.78 is 0. The minimum absolute atomic E-state index is 0.672. The van der Waals surface area contributed by atoms with Crippen molar-refractivity contribution in [3.63, 3.8) is 0 Å². The summed E-state index contributed by atoms with van der Waals surface area (Å²) in [6.45, 7) is 6.16. The van der Waals surface area contributed by atoms with Crippen LogP contribution >= 0.6 is 0 Å². The van der Waals surface area contributed by atoms with Crippen molar-refractivity contribution in [2.75, 3.05) is 7.05 Å². The van der Waals surface area contributed by atoms with Crippen LogP contribution in [0.15, 0.2) is 12.2 Å². The van der Waals surface area contributed by atoms with Crippen LogP contribution in [0.3, 0.4) is 0 Å². The zero-order valence-corrected chi connectivity index (χ0v) is 9.81. The highest BCUT2D eigenvalue weighted by Crippen LogP contribution is 2.27. The minimum atomic E-state index is 0.672. The molecule has 1 saturated carbocycles. The molecule has 0 saturated heterocycles. The van der Waals surface area contributed by atoms with Crippen LogP contribution in [-0.2, 0) is 0 Å². The quantitative estimate of drug-likeness (QED) is 0.534. The second-order valence-corrected chi connectivity index (χ2v) is 4.81. The van der Waals surface area contributed by atoms with Gasteiger partial charge < -0.3 is 5.32 Å². The van der Waals surface area contributed by atoms with Gasteiger partial charge in [-0.1, -0.05) is 31.3 Å². The Bertz CT molecular complexity index is 166. The molecule has 1 unspecified atom stereocenters. The highest BCUT2D eigenvalue weighted by atomic mass is 14.9. The molecule has 82 valence electrons. The van der Waals surface area contributed by atoms with Crippen LogP contribution in [0, 0.1) is 5.92 Å². The van der Waals surface area contributed by atoms with E-state index in [2.05, 4.69) is 25.9 Å². The van der Waals surface area contributed by atoms with E-state index >= 15 is 0 Å². The van der Waals surface area contributed by atoms with Crippen LogP contribution in [0.5, 0.6) is 0 Å². The minimum Gasteiger partial charge on any atom is -0.316 e. The van der Waals surface area contributed by atoms with E-state index in [4.69, 9.17) is 0 Å². The van der Waals surface area contributed by atoms with Gasteiger partial charge in [0.2, 0.25) is 0 Å². The molecule has 0 aliphatic heterocycles. The molecule has 0 spiro atoms. The van der Waals surface area contributed by atoms with E-state index in [9.17, 15) is 0 Å². The van der Waals surface area contributed by atoms with Crippen molar-refractivity contribution in [1.29, 1.82) is 0 Å². The zero-order valence-electron chi connectivity index (χ0n) is 9.81. The highest BCUT2D eigenvalue weighted by Gasteiger charge is 2.20. The molecule has 1 heteroatoms. The van der Waals surface area contributed by atoms with Crippen molar-refractivity contribution in [3.8, 4) is 0 Å². The summed E-state index contributed by atoms with van der Waals surface area (Å²) in [4.78, 5) is 0. The molecule has 1 fully saturated rings. The normalized spacial score (nSPS) is 21.6. The summed E-state index contributed by atoms with van der Waals surface area (Å²) in [5.74, 6) is 0.888. The monoisotopic (exact) mass is 195 g/mol. The van der Waals surface area contributed by atoms with Crippen molar-refractivity contribution >= 4 is 0 Å². The molecule has 14 heavy (non-hydrogen) atoms. The Morgan fingerprint density at radius 3 is 2.29 bits per heavy atom. The molecule has 0 aromatic rings. The molecule has 1 atom stereocenters. The van der Waals surface area contributed by atoms with Crippen molar-refractivity contribution < 1.29 is 0 Å². The standard InChI is InChI=1S/C13H25N/c1-11(2)10-13(14-3)12-8-6-4-5-7-9-12/h12-14H,1,4-10H2,2-3H3. The summed E-state index contributed by atoms with van der Waals surface area (Å²) in [7, 11) is 2.10. The third-order valence-corrected chi connectivity index (χ3v) is 3.41. The predicted octanol–water partition coefficient (Wildman–Crippen LogP) is 3.51. The van der Waals surface area contributed by atoms with Gasteiger partial charge in [-0.2, -0.15) is 0 Å². The maximum atomic E-state index is 4.02. The van der Waals surface area contributed by atoms with Crippen LogP contribution in [0.2, 0.25) is 0 Å². The van der Waals surface area contributed by atoms with Gasteiger partial charge in [0.1, 0.15) is 0 Å². The smallest absolute Gasteiger partial charge is 0.0129 e. The fourth-order valence-electron chi connectivity index (χ4n) is 2.59. The van der Waals surface area contributed by atoms with Crippen molar-refractivity contribution in [3.05, 3.63) is 12.2 Å². The first-order valence-electron chi connectivity index (χ1n) is 6.05. The number of rotatable bonds is 4. The van der Waals surface area contributed by atoms with Crippen LogP contribution in [0.1, 0.15) is 51.9 Å². The van der Waals surface area contributed by atoms with E-state index in [1.165, 1.54) is 44.1 Å². The molecule has 1 aliphatic rings. The lowest BCUT2D eigenvalue weighted by Gasteiger charge is -2.26. The Hall–Kier alpha value is -0.300. The molecular weight excluding hydrogens is 170 g/mol. The van der Waals surface area contributed by atoms with Crippen LogP contribution in [0.4, 0.5) is 0 Å². The average Bonchev–Trinajstić information content (AvgIpc) is 2.41. The van der Waals surface area contributed by atoms with Gasteiger partial charge in [-0.05, 0) is 39.2 Å². The maximum absolute atomic E-state index is 4.02. The molecule has 1 aliphatic carbocycles. The topological polar surface area (TPSA) is 12.0 Å². The Morgan fingerprint density at radius 1 is 1.29 bits per heavy atom. The average molecular weight is 195 g/mol. The lowest BCUT2D eigenvalue weighted by molar-refractivity contribution is 0.332. The largest absolute Gasteiger partial charge is 0.316 e. The molecule has 0 aromatic heterocycles. The van der Waals surface area contributed by atoms with E-state index in [-0.39, 0.29) is 0 Å². The molecule has 1 rings (SSSR count). The molecule has 0 radical (unpaired) electrons. The first-order valence-corrected chi connectivity index (χ1v) is 6.05. The van der Waals surface area contributed by atoms with E-state index < -0.39 is 0 Å². The molecule has 0 bridgehead atoms. The van der Waals surface area contributed by atoms with E-state index in [0.29, 0.717) is 6.04 Å². The number of nitrogens with one attached hydrogen (secondary N) is 1. The Morgan fingerprint density at radius 2 is 1.86 bits per heavy atom. The maximum Gasteiger partial charge on any atom is 0.0129 e. The van der Waals surface area contributed by atoms with Crippen LogP contribution < -0.4 is 5.32 Å². The molecule has 1 nitrogen and oxygen atoms in total. The van der Waals surface area contributed by atoms with Crippen LogP contribution in [-0.4, -0.2) is 13.1 Å². The molecule has 0 aromatic carbocycles. The molecule has 0 amide bonds. The van der Waals surface area contributed by atoms with Gasteiger partial charge in [0, 0.05) is 6.04 Å². The fourth-order valence-corrected chi connectivity index (χ4v) is 2.59. The van der Waals surface area contributed by atoms with E-state index in [1.54, 1.807) is 0 Å². The Kier molecular flexibility index (Phi) is 5.24. The van der Waals surface area contributed by atoms with Crippen molar-refractivity contribution in [2.24, 2.45) is 5.92 Å². The summed E-state index contributed by atoms with van der Waals surface area (Å²) in [6.07, 6.45) is 9.73. The van der Waals surface area contributed by atoms with Gasteiger partial charge >= 0.3 is 0 Å². The van der Waals surface area contributed by atoms with E-state index in [1.807, 2.05) is 0 Å². The lowest BCUT2D eigenvalue weighted by Crippen LogP contribution is -2.33. The first-order chi connectivity index (χ1) is 6.74. The Labute approximate surface area is 89.0 Å². The SMILES string of the molecule is C=C(C)CC(NC)C1CCCCCC1. The summed E-state index contributed by atoms with van der Waals surface area (Å²) in [5.41, 5.74) is 1.31. The van der Waals surface area contributed by atoms with Gasteiger partial charge in [-0.3, -0.25) is 0 Å². The molecular formula is C13H25N. The van der Waals surface area contributed by atoms with Gasteiger partial charge in [0.25, 0.3) is 0 Å².